The van der Waals surface area contributed by atoms with E-state index in [2.05, 4.69) is 30.2 Å². The second-order valence-electron chi connectivity index (χ2n) is 7.28. The number of hydrogen-bond acceptors (Lipinski definition) is 3. The van der Waals surface area contributed by atoms with Gasteiger partial charge < -0.3 is 9.30 Å². The van der Waals surface area contributed by atoms with E-state index in [4.69, 9.17) is 21.3 Å². The second kappa shape index (κ2) is 6.80. The van der Waals surface area contributed by atoms with Gasteiger partial charge in [-0.3, -0.25) is 4.90 Å². The van der Waals surface area contributed by atoms with Gasteiger partial charge >= 0.3 is 0 Å². The molecule has 0 saturated carbocycles. The molecule has 2 heterocycles. The molecular formula is C18H26ClN3O. The van der Waals surface area contributed by atoms with E-state index in [1.807, 2.05) is 18.2 Å². The standard InChI is InChI=1S/C18H26ClN3O/c1-18(2,3)17-20-15-6-5-14(19)13-16(15)22(17)8-4-7-21-9-11-23-12-10-21/h5-6,13H,4,7-12H2,1-3H3. The van der Waals surface area contributed by atoms with Gasteiger partial charge in [0.15, 0.2) is 0 Å². The number of fused-ring (bicyclic) bond motifs is 1. The SMILES string of the molecule is CC(C)(C)c1nc2ccc(Cl)cc2n1CCCN1CCOCC1. The van der Waals surface area contributed by atoms with E-state index in [-0.39, 0.29) is 5.41 Å². The minimum Gasteiger partial charge on any atom is -0.379 e. The molecule has 0 N–H and O–H groups in total. The van der Waals surface area contributed by atoms with Crippen molar-refractivity contribution >= 4 is 22.6 Å². The van der Waals surface area contributed by atoms with E-state index in [1.54, 1.807) is 0 Å². The van der Waals surface area contributed by atoms with Crippen LogP contribution in [0.15, 0.2) is 18.2 Å². The zero-order valence-corrected chi connectivity index (χ0v) is 15.1. The lowest BCUT2D eigenvalue weighted by Gasteiger charge is -2.27. The van der Waals surface area contributed by atoms with Crippen LogP contribution in [0.1, 0.15) is 33.0 Å². The van der Waals surface area contributed by atoms with Gasteiger partial charge in [0, 0.05) is 36.6 Å². The van der Waals surface area contributed by atoms with Crippen LogP contribution in [0.4, 0.5) is 0 Å². The number of morpholine rings is 1. The molecule has 23 heavy (non-hydrogen) atoms. The normalized spacial score (nSPS) is 17.0. The number of ether oxygens (including phenoxy) is 1. The smallest absolute Gasteiger partial charge is 0.115 e. The van der Waals surface area contributed by atoms with Crippen molar-refractivity contribution in [2.24, 2.45) is 0 Å². The monoisotopic (exact) mass is 335 g/mol. The fraction of sp³-hybridized carbons (Fsp3) is 0.611. The maximum absolute atomic E-state index is 6.21. The maximum atomic E-state index is 6.21. The summed E-state index contributed by atoms with van der Waals surface area (Å²) in [4.78, 5) is 7.34. The van der Waals surface area contributed by atoms with Gasteiger partial charge in [0.25, 0.3) is 0 Å². The Morgan fingerprint density at radius 1 is 1.17 bits per heavy atom. The highest BCUT2D eigenvalue weighted by Crippen LogP contribution is 2.28. The van der Waals surface area contributed by atoms with Crippen molar-refractivity contribution in [3.05, 3.63) is 29.0 Å². The predicted octanol–water partition coefficient (Wildman–Crippen LogP) is 3.71. The van der Waals surface area contributed by atoms with Crippen LogP contribution in [0.5, 0.6) is 0 Å². The third-order valence-corrected chi connectivity index (χ3v) is 4.58. The molecule has 0 aliphatic carbocycles. The quantitative estimate of drug-likeness (QED) is 0.853. The minimum absolute atomic E-state index is 0.0183. The Morgan fingerprint density at radius 2 is 1.91 bits per heavy atom. The number of benzene rings is 1. The molecule has 1 aromatic carbocycles. The zero-order chi connectivity index (χ0) is 16.4. The van der Waals surface area contributed by atoms with Crippen molar-refractivity contribution in [3.8, 4) is 0 Å². The van der Waals surface area contributed by atoms with Gasteiger partial charge in [-0.15, -0.1) is 0 Å². The highest BCUT2D eigenvalue weighted by Gasteiger charge is 2.23. The highest BCUT2D eigenvalue weighted by molar-refractivity contribution is 6.31. The van der Waals surface area contributed by atoms with Gasteiger partial charge in [-0.25, -0.2) is 4.98 Å². The first kappa shape index (κ1) is 16.7. The summed E-state index contributed by atoms with van der Waals surface area (Å²) in [6.45, 7) is 12.5. The molecule has 2 aromatic rings. The van der Waals surface area contributed by atoms with E-state index >= 15 is 0 Å². The van der Waals surface area contributed by atoms with Gasteiger partial charge in [-0.1, -0.05) is 32.4 Å². The van der Waals surface area contributed by atoms with Gasteiger partial charge in [0.2, 0.25) is 0 Å². The van der Waals surface area contributed by atoms with Crippen molar-refractivity contribution in [2.45, 2.75) is 39.2 Å². The average Bonchev–Trinajstić information content (AvgIpc) is 2.87. The number of halogens is 1. The van der Waals surface area contributed by atoms with Gasteiger partial charge in [-0.05, 0) is 24.6 Å². The summed E-state index contributed by atoms with van der Waals surface area (Å²) in [5.74, 6) is 1.14. The molecule has 0 amide bonds. The summed E-state index contributed by atoms with van der Waals surface area (Å²) in [6, 6.07) is 5.97. The Labute approximate surface area is 143 Å². The van der Waals surface area contributed by atoms with E-state index in [9.17, 15) is 0 Å². The lowest BCUT2D eigenvalue weighted by atomic mass is 9.95. The minimum atomic E-state index is 0.0183. The molecular weight excluding hydrogens is 310 g/mol. The number of rotatable bonds is 4. The van der Waals surface area contributed by atoms with E-state index < -0.39 is 0 Å². The first-order valence-corrected chi connectivity index (χ1v) is 8.79. The first-order valence-electron chi connectivity index (χ1n) is 8.41. The molecule has 4 nitrogen and oxygen atoms in total. The third-order valence-electron chi connectivity index (χ3n) is 4.34. The van der Waals surface area contributed by atoms with Crippen LogP contribution >= 0.6 is 11.6 Å². The fourth-order valence-electron chi connectivity index (χ4n) is 3.17. The Morgan fingerprint density at radius 3 is 2.61 bits per heavy atom. The molecule has 0 radical (unpaired) electrons. The van der Waals surface area contributed by atoms with E-state index in [1.165, 1.54) is 0 Å². The van der Waals surface area contributed by atoms with E-state index in [0.29, 0.717) is 0 Å². The Bertz CT molecular complexity index is 669. The lowest BCUT2D eigenvalue weighted by molar-refractivity contribution is 0.0369. The van der Waals surface area contributed by atoms with Crippen molar-refractivity contribution in [1.29, 1.82) is 0 Å². The Balaban J connectivity index is 1.81. The average molecular weight is 336 g/mol. The van der Waals surface area contributed by atoms with Crippen LogP contribution in [0.3, 0.4) is 0 Å². The number of aryl methyl sites for hydroxylation is 1. The van der Waals surface area contributed by atoms with Crippen LogP contribution in [0.25, 0.3) is 11.0 Å². The maximum Gasteiger partial charge on any atom is 0.115 e. The zero-order valence-electron chi connectivity index (χ0n) is 14.3. The number of nitrogens with zero attached hydrogens (tertiary/aromatic N) is 3. The van der Waals surface area contributed by atoms with Gasteiger partial charge in [0.1, 0.15) is 5.82 Å². The van der Waals surface area contributed by atoms with Crippen molar-refractivity contribution < 1.29 is 4.74 Å². The van der Waals surface area contributed by atoms with Gasteiger partial charge in [-0.2, -0.15) is 0 Å². The van der Waals surface area contributed by atoms with Crippen molar-refractivity contribution in [3.63, 3.8) is 0 Å². The molecule has 1 saturated heterocycles. The molecule has 1 aliphatic rings. The Kier molecular flexibility index (Phi) is 4.95. The molecule has 5 heteroatoms. The summed E-state index contributed by atoms with van der Waals surface area (Å²) in [6.07, 6.45) is 1.11. The first-order chi connectivity index (χ1) is 10.9. The highest BCUT2D eigenvalue weighted by atomic mass is 35.5. The topological polar surface area (TPSA) is 30.3 Å². The largest absolute Gasteiger partial charge is 0.379 e. The van der Waals surface area contributed by atoms with Crippen LogP contribution in [0, 0.1) is 0 Å². The number of aromatic nitrogens is 2. The van der Waals surface area contributed by atoms with Crippen molar-refractivity contribution in [2.75, 3.05) is 32.8 Å². The lowest BCUT2D eigenvalue weighted by Crippen LogP contribution is -2.37. The fourth-order valence-corrected chi connectivity index (χ4v) is 3.34. The summed E-state index contributed by atoms with van der Waals surface area (Å²) in [5, 5.41) is 0.771. The molecule has 0 bridgehead atoms. The summed E-state index contributed by atoms with van der Waals surface area (Å²) in [7, 11) is 0. The molecule has 0 spiro atoms. The molecule has 126 valence electrons. The van der Waals surface area contributed by atoms with Crippen LogP contribution in [-0.4, -0.2) is 47.3 Å². The number of hydrogen-bond donors (Lipinski definition) is 0. The van der Waals surface area contributed by atoms with Gasteiger partial charge in [0.05, 0.1) is 24.2 Å². The molecule has 1 fully saturated rings. The predicted molar refractivity (Wildman–Crippen MR) is 95.3 cm³/mol. The van der Waals surface area contributed by atoms with Crippen molar-refractivity contribution in [1.82, 2.24) is 14.5 Å². The third kappa shape index (κ3) is 3.87. The molecule has 3 rings (SSSR count). The summed E-state index contributed by atoms with van der Waals surface area (Å²) in [5.41, 5.74) is 2.19. The van der Waals surface area contributed by atoms with E-state index in [0.717, 1.165) is 67.7 Å². The molecule has 1 aliphatic heterocycles. The summed E-state index contributed by atoms with van der Waals surface area (Å²) < 4.78 is 7.76. The number of imidazole rings is 1. The molecule has 0 atom stereocenters. The second-order valence-corrected chi connectivity index (χ2v) is 7.71. The molecule has 0 unspecified atom stereocenters. The van der Waals surface area contributed by atoms with Crippen LogP contribution < -0.4 is 0 Å². The summed E-state index contributed by atoms with van der Waals surface area (Å²) >= 11 is 6.21. The molecule has 1 aromatic heterocycles. The van der Waals surface area contributed by atoms with Crippen LogP contribution in [-0.2, 0) is 16.7 Å². The van der Waals surface area contributed by atoms with Crippen LogP contribution in [0.2, 0.25) is 5.02 Å². The Hall–Kier alpha value is -1.10.